The highest BCUT2D eigenvalue weighted by atomic mass is 35.5. The van der Waals surface area contributed by atoms with Crippen LogP contribution in [0.15, 0.2) is 0 Å². The van der Waals surface area contributed by atoms with Crippen molar-refractivity contribution < 1.29 is 13.2 Å². The van der Waals surface area contributed by atoms with Gasteiger partial charge in [0.05, 0.1) is 15.9 Å². The van der Waals surface area contributed by atoms with Crippen molar-refractivity contribution in [2.24, 2.45) is 11.3 Å². The Morgan fingerprint density at radius 2 is 2.00 bits per heavy atom. The SMILES string of the molecule is CC(C)(C)S(=O)(=O)CCNC(=O)[C@@]12CCCC[C@H]1CNC2.Cl. The molecule has 130 valence electrons. The largest absolute Gasteiger partial charge is 0.355 e. The molecule has 22 heavy (non-hydrogen) atoms. The van der Waals surface area contributed by atoms with Crippen LogP contribution in [-0.2, 0) is 14.6 Å². The third-order valence-electron chi connectivity index (χ3n) is 5.08. The van der Waals surface area contributed by atoms with Crippen LogP contribution in [-0.4, -0.2) is 44.5 Å². The average molecular weight is 353 g/mol. The third kappa shape index (κ3) is 3.77. The van der Waals surface area contributed by atoms with E-state index in [0.29, 0.717) is 5.92 Å². The Bertz CT molecular complexity index is 501. The molecule has 0 aromatic heterocycles. The highest BCUT2D eigenvalue weighted by Crippen LogP contribution is 2.43. The summed E-state index contributed by atoms with van der Waals surface area (Å²) < 4.78 is 23.4. The van der Waals surface area contributed by atoms with Crippen LogP contribution in [0, 0.1) is 11.3 Å². The van der Waals surface area contributed by atoms with Crippen LogP contribution in [0.25, 0.3) is 0 Å². The van der Waals surface area contributed by atoms with E-state index in [0.717, 1.165) is 32.4 Å². The first kappa shape index (κ1) is 19.7. The van der Waals surface area contributed by atoms with Gasteiger partial charge in [-0.1, -0.05) is 12.8 Å². The number of hydrogen-bond donors (Lipinski definition) is 2. The topological polar surface area (TPSA) is 75.3 Å². The van der Waals surface area contributed by atoms with Crippen LogP contribution in [0.4, 0.5) is 0 Å². The smallest absolute Gasteiger partial charge is 0.227 e. The number of carbonyl (C=O) groups is 1. The molecule has 2 atom stereocenters. The first-order valence-electron chi connectivity index (χ1n) is 7.90. The number of carbonyl (C=O) groups excluding carboxylic acids is 1. The zero-order valence-electron chi connectivity index (χ0n) is 13.8. The first-order valence-corrected chi connectivity index (χ1v) is 9.56. The number of amides is 1. The lowest BCUT2D eigenvalue weighted by Crippen LogP contribution is -2.49. The Hall–Kier alpha value is -0.330. The van der Waals surface area contributed by atoms with Gasteiger partial charge in [0.1, 0.15) is 0 Å². The van der Waals surface area contributed by atoms with E-state index >= 15 is 0 Å². The van der Waals surface area contributed by atoms with Gasteiger partial charge in [0.15, 0.2) is 9.84 Å². The van der Waals surface area contributed by atoms with Crippen molar-refractivity contribution in [2.75, 3.05) is 25.4 Å². The minimum atomic E-state index is -3.18. The van der Waals surface area contributed by atoms with E-state index in [9.17, 15) is 13.2 Å². The summed E-state index contributed by atoms with van der Waals surface area (Å²) in [4.78, 5) is 12.6. The fraction of sp³-hybridized carbons (Fsp3) is 0.933. The van der Waals surface area contributed by atoms with Crippen LogP contribution in [0.2, 0.25) is 0 Å². The molecule has 0 aromatic carbocycles. The number of fused-ring (bicyclic) bond motifs is 1. The summed E-state index contributed by atoms with van der Waals surface area (Å²) in [5.74, 6) is 0.461. The van der Waals surface area contributed by atoms with Gasteiger partial charge >= 0.3 is 0 Å². The van der Waals surface area contributed by atoms with Crippen molar-refractivity contribution in [3.05, 3.63) is 0 Å². The van der Waals surface area contributed by atoms with Gasteiger partial charge in [0.2, 0.25) is 5.91 Å². The highest BCUT2D eigenvalue weighted by molar-refractivity contribution is 7.92. The first-order chi connectivity index (χ1) is 9.69. The minimum Gasteiger partial charge on any atom is -0.355 e. The van der Waals surface area contributed by atoms with Crippen molar-refractivity contribution in [3.63, 3.8) is 0 Å². The fourth-order valence-electron chi connectivity index (χ4n) is 3.47. The van der Waals surface area contributed by atoms with Gasteiger partial charge in [0.25, 0.3) is 0 Å². The van der Waals surface area contributed by atoms with E-state index in [2.05, 4.69) is 10.6 Å². The average Bonchev–Trinajstić information content (AvgIpc) is 2.81. The maximum absolute atomic E-state index is 12.6. The molecule has 1 aliphatic carbocycles. The standard InChI is InChI=1S/C15H28N2O3S.ClH/c1-14(2,3)21(19,20)9-8-17-13(18)15-7-5-4-6-12(15)10-16-11-15;/h12,16H,4-11H2,1-3H3,(H,17,18);1H/t12-,15+;/m0./s1. The molecule has 0 spiro atoms. The van der Waals surface area contributed by atoms with Gasteiger partial charge in [0, 0.05) is 13.1 Å². The molecule has 2 N–H and O–H groups in total. The summed E-state index contributed by atoms with van der Waals surface area (Å²) in [5.41, 5.74) is -0.302. The molecule has 1 aliphatic heterocycles. The van der Waals surface area contributed by atoms with Gasteiger partial charge < -0.3 is 10.6 Å². The Morgan fingerprint density at radius 1 is 1.32 bits per heavy atom. The zero-order chi connectivity index (χ0) is 15.7. The Morgan fingerprint density at radius 3 is 2.64 bits per heavy atom. The van der Waals surface area contributed by atoms with E-state index < -0.39 is 14.6 Å². The van der Waals surface area contributed by atoms with Crippen LogP contribution in [0.5, 0.6) is 0 Å². The second kappa shape index (κ2) is 7.05. The number of sulfone groups is 1. The lowest BCUT2D eigenvalue weighted by atomic mass is 9.67. The molecule has 0 aromatic rings. The molecule has 5 nitrogen and oxygen atoms in total. The molecule has 0 bridgehead atoms. The molecular weight excluding hydrogens is 324 g/mol. The summed E-state index contributed by atoms with van der Waals surface area (Å²) in [6.07, 6.45) is 4.30. The number of halogens is 1. The number of hydrogen-bond acceptors (Lipinski definition) is 4. The summed E-state index contributed by atoms with van der Waals surface area (Å²) in [6, 6.07) is 0. The van der Waals surface area contributed by atoms with Gasteiger partial charge in [-0.05, 0) is 46.1 Å². The van der Waals surface area contributed by atoms with Crippen LogP contribution in [0.3, 0.4) is 0 Å². The molecule has 0 unspecified atom stereocenters. The monoisotopic (exact) mass is 352 g/mol. The van der Waals surface area contributed by atoms with Gasteiger partial charge in [-0.15, -0.1) is 12.4 Å². The van der Waals surface area contributed by atoms with E-state index in [-0.39, 0.29) is 36.0 Å². The summed E-state index contributed by atoms with van der Waals surface area (Å²) in [6.45, 7) is 6.94. The van der Waals surface area contributed by atoms with E-state index in [1.165, 1.54) is 6.42 Å². The molecule has 2 rings (SSSR count). The zero-order valence-corrected chi connectivity index (χ0v) is 15.4. The van der Waals surface area contributed by atoms with Crippen molar-refractivity contribution in [3.8, 4) is 0 Å². The van der Waals surface area contributed by atoms with E-state index in [4.69, 9.17) is 0 Å². The van der Waals surface area contributed by atoms with Crippen LogP contribution < -0.4 is 10.6 Å². The van der Waals surface area contributed by atoms with Crippen molar-refractivity contribution in [2.45, 2.75) is 51.2 Å². The molecule has 7 heteroatoms. The molecule has 2 aliphatic rings. The van der Waals surface area contributed by atoms with Crippen molar-refractivity contribution in [1.29, 1.82) is 0 Å². The quantitative estimate of drug-likeness (QED) is 0.804. The third-order valence-corrected chi connectivity index (χ3v) is 7.69. The van der Waals surface area contributed by atoms with Gasteiger partial charge in [-0.25, -0.2) is 8.42 Å². The Balaban J connectivity index is 0.00000242. The van der Waals surface area contributed by atoms with Crippen molar-refractivity contribution >= 4 is 28.2 Å². The molecular formula is C15H29ClN2O3S. The number of rotatable bonds is 4. The minimum absolute atomic E-state index is 0. The predicted octanol–water partition coefficient (Wildman–Crippen LogP) is 1.52. The number of nitrogens with one attached hydrogen (secondary N) is 2. The van der Waals surface area contributed by atoms with Crippen LogP contribution in [0.1, 0.15) is 46.5 Å². The molecule has 1 amide bonds. The van der Waals surface area contributed by atoms with E-state index in [1.54, 1.807) is 20.8 Å². The predicted molar refractivity (Wildman–Crippen MR) is 91.1 cm³/mol. The fourth-order valence-corrected chi connectivity index (χ4v) is 4.45. The summed E-state index contributed by atoms with van der Waals surface area (Å²) in [7, 11) is -3.18. The lowest BCUT2D eigenvalue weighted by Gasteiger charge is -2.37. The Kier molecular flexibility index (Phi) is 6.32. The normalized spacial score (nSPS) is 28.6. The maximum Gasteiger partial charge on any atom is 0.227 e. The van der Waals surface area contributed by atoms with Crippen LogP contribution >= 0.6 is 12.4 Å². The van der Waals surface area contributed by atoms with Gasteiger partial charge in [-0.2, -0.15) is 0 Å². The van der Waals surface area contributed by atoms with Gasteiger partial charge in [-0.3, -0.25) is 4.79 Å². The lowest BCUT2D eigenvalue weighted by molar-refractivity contribution is -0.133. The summed E-state index contributed by atoms with van der Waals surface area (Å²) >= 11 is 0. The maximum atomic E-state index is 12.6. The van der Waals surface area contributed by atoms with Crippen molar-refractivity contribution in [1.82, 2.24) is 10.6 Å². The molecule has 0 radical (unpaired) electrons. The molecule has 1 saturated carbocycles. The highest BCUT2D eigenvalue weighted by Gasteiger charge is 2.49. The molecule has 1 saturated heterocycles. The Labute approximate surface area is 140 Å². The second-order valence-electron chi connectivity index (χ2n) is 7.42. The van der Waals surface area contributed by atoms with E-state index in [1.807, 2.05) is 0 Å². The second-order valence-corrected chi connectivity index (χ2v) is 10.3. The molecule has 1 heterocycles. The molecule has 2 fully saturated rings. The summed E-state index contributed by atoms with van der Waals surface area (Å²) in [5, 5.41) is 6.22.